The summed E-state index contributed by atoms with van der Waals surface area (Å²) in [6.45, 7) is 18.5. The lowest BCUT2D eigenvalue weighted by Gasteiger charge is -2.28. The van der Waals surface area contributed by atoms with Crippen LogP contribution in [0, 0.1) is 5.41 Å². The molecule has 0 saturated carbocycles. The van der Waals surface area contributed by atoms with E-state index >= 15 is 0 Å². The lowest BCUT2D eigenvalue weighted by atomic mass is 9.78. The van der Waals surface area contributed by atoms with Crippen LogP contribution in [0.4, 0.5) is 0 Å². The first kappa shape index (κ1) is 20.5. The van der Waals surface area contributed by atoms with Crippen LogP contribution < -0.4 is 0 Å². The van der Waals surface area contributed by atoms with Gasteiger partial charge in [0.15, 0.2) is 0 Å². The quantitative estimate of drug-likeness (QED) is 0.780. The van der Waals surface area contributed by atoms with E-state index in [9.17, 15) is 9.90 Å². The number of hydrogen-bond donors (Lipinski definition) is 1. The van der Waals surface area contributed by atoms with Gasteiger partial charge in [-0.15, -0.1) is 0 Å². The highest BCUT2D eigenvalue weighted by molar-refractivity contribution is 5.75. The second kappa shape index (κ2) is 6.78. The summed E-state index contributed by atoms with van der Waals surface area (Å²) in [5.74, 6) is 0.193. The standard InChI is InChI=1S/C21H34O3/c1-19(2,3)15-12-14(10-11-24-18(23)21(7,8)9)13-16(17(15)22)20(4,5)6/h12-13,22H,10-11H2,1-9H3. The molecule has 1 aromatic rings. The number of ether oxygens (including phenoxy) is 1. The number of aromatic hydroxyl groups is 1. The van der Waals surface area contributed by atoms with Crippen LogP contribution in [-0.2, 0) is 26.8 Å². The molecule has 1 N–H and O–H groups in total. The predicted octanol–water partition coefficient (Wildman–Crippen LogP) is 5.12. The van der Waals surface area contributed by atoms with E-state index in [1.807, 2.05) is 32.9 Å². The van der Waals surface area contributed by atoms with Gasteiger partial charge in [0.1, 0.15) is 5.75 Å². The highest BCUT2D eigenvalue weighted by Gasteiger charge is 2.27. The molecule has 0 atom stereocenters. The highest BCUT2D eigenvalue weighted by atomic mass is 16.5. The van der Waals surface area contributed by atoms with Crippen LogP contribution in [0.1, 0.15) is 79.0 Å². The topological polar surface area (TPSA) is 46.5 Å². The second-order valence-corrected chi connectivity index (χ2v) is 9.68. The van der Waals surface area contributed by atoms with Crippen molar-refractivity contribution >= 4 is 5.97 Å². The van der Waals surface area contributed by atoms with Crippen LogP contribution in [0.15, 0.2) is 12.1 Å². The molecule has 0 unspecified atom stereocenters. The Morgan fingerprint density at radius 3 is 1.67 bits per heavy atom. The Kier molecular flexibility index (Phi) is 5.80. The first-order valence-corrected chi connectivity index (χ1v) is 8.68. The molecule has 0 bridgehead atoms. The molecular formula is C21H34O3. The molecule has 136 valence electrons. The Bertz CT molecular complexity index is 558. The Labute approximate surface area is 147 Å². The van der Waals surface area contributed by atoms with E-state index in [2.05, 4.69) is 41.5 Å². The number of phenols is 1. The Morgan fingerprint density at radius 2 is 1.33 bits per heavy atom. The average molecular weight is 335 g/mol. The van der Waals surface area contributed by atoms with Gasteiger partial charge in [-0.1, -0.05) is 53.7 Å². The molecule has 1 rings (SSSR count). The summed E-state index contributed by atoms with van der Waals surface area (Å²) >= 11 is 0. The smallest absolute Gasteiger partial charge is 0.311 e. The summed E-state index contributed by atoms with van der Waals surface area (Å²) in [6.07, 6.45) is 0.647. The van der Waals surface area contributed by atoms with Crippen molar-refractivity contribution in [2.75, 3.05) is 6.61 Å². The Hall–Kier alpha value is -1.51. The molecule has 0 saturated heterocycles. The number of rotatable bonds is 3. The molecule has 0 aliphatic carbocycles. The number of hydrogen-bond acceptors (Lipinski definition) is 3. The summed E-state index contributed by atoms with van der Waals surface area (Å²) in [6, 6.07) is 4.07. The van der Waals surface area contributed by atoms with Gasteiger partial charge in [0.05, 0.1) is 12.0 Å². The van der Waals surface area contributed by atoms with E-state index < -0.39 is 5.41 Å². The number of carbonyl (C=O) groups is 1. The summed E-state index contributed by atoms with van der Waals surface area (Å²) in [5.41, 5.74) is 2.18. The van der Waals surface area contributed by atoms with Crippen LogP contribution in [0.5, 0.6) is 5.75 Å². The minimum absolute atomic E-state index is 0.151. The van der Waals surface area contributed by atoms with E-state index in [0.29, 0.717) is 18.8 Å². The van der Waals surface area contributed by atoms with E-state index in [1.54, 1.807) is 0 Å². The minimum atomic E-state index is -0.484. The number of benzene rings is 1. The summed E-state index contributed by atoms with van der Waals surface area (Å²) in [7, 11) is 0. The van der Waals surface area contributed by atoms with Crippen LogP contribution in [0.2, 0.25) is 0 Å². The lowest BCUT2D eigenvalue weighted by molar-refractivity contribution is -0.152. The summed E-state index contributed by atoms with van der Waals surface area (Å²) in [5, 5.41) is 10.7. The van der Waals surface area contributed by atoms with Crippen molar-refractivity contribution in [3.8, 4) is 5.75 Å². The van der Waals surface area contributed by atoms with Gasteiger partial charge in [-0.25, -0.2) is 0 Å². The van der Waals surface area contributed by atoms with Gasteiger partial charge in [0.25, 0.3) is 0 Å². The Morgan fingerprint density at radius 1 is 0.917 bits per heavy atom. The third-order valence-corrected chi connectivity index (χ3v) is 4.02. The number of phenolic OH excluding ortho intramolecular Hbond substituents is 1. The highest BCUT2D eigenvalue weighted by Crippen LogP contribution is 2.39. The van der Waals surface area contributed by atoms with Gasteiger partial charge in [-0.3, -0.25) is 4.79 Å². The molecule has 0 aliphatic rings. The molecule has 3 nitrogen and oxygen atoms in total. The van der Waals surface area contributed by atoms with Crippen molar-refractivity contribution in [1.29, 1.82) is 0 Å². The van der Waals surface area contributed by atoms with E-state index in [4.69, 9.17) is 4.74 Å². The lowest BCUT2D eigenvalue weighted by Crippen LogP contribution is -2.24. The molecule has 0 aromatic heterocycles. The zero-order chi connectivity index (χ0) is 18.9. The molecule has 3 heteroatoms. The zero-order valence-electron chi connectivity index (χ0n) is 16.8. The van der Waals surface area contributed by atoms with Crippen LogP contribution in [0.25, 0.3) is 0 Å². The maximum atomic E-state index is 11.9. The van der Waals surface area contributed by atoms with Gasteiger partial charge in [0, 0.05) is 6.42 Å². The largest absolute Gasteiger partial charge is 0.507 e. The first-order valence-electron chi connectivity index (χ1n) is 8.68. The fourth-order valence-corrected chi connectivity index (χ4v) is 2.46. The van der Waals surface area contributed by atoms with Crippen molar-refractivity contribution in [2.45, 2.75) is 79.6 Å². The predicted molar refractivity (Wildman–Crippen MR) is 99.6 cm³/mol. The van der Waals surface area contributed by atoms with Gasteiger partial charge in [-0.2, -0.15) is 0 Å². The molecule has 0 spiro atoms. The maximum Gasteiger partial charge on any atom is 0.311 e. The fourth-order valence-electron chi connectivity index (χ4n) is 2.46. The number of carbonyl (C=O) groups excluding carboxylic acids is 1. The van der Waals surface area contributed by atoms with E-state index in [-0.39, 0.29) is 16.8 Å². The zero-order valence-corrected chi connectivity index (χ0v) is 16.8. The Balaban J connectivity index is 3.10. The van der Waals surface area contributed by atoms with Crippen molar-refractivity contribution in [3.63, 3.8) is 0 Å². The molecule has 1 aromatic carbocycles. The van der Waals surface area contributed by atoms with Crippen LogP contribution in [0.3, 0.4) is 0 Å². The van der Waals surface area contributed by atoms with Crippen LogP contribution in [-0.4, -0.2) is 17.7 Å². The SMILES string of the molecule is CC(C)(C)C(=O)OCCc1cc(C(C)(C)C)c(O)c(C(C)(C)C)c1. The van der Waals surface area contributed by atoms with Crippen molar-refractivity contribution in [2.24, 2.45) is 5.41 Å². The van der Waals surface area contributed by atoms with E-state index in [1.165, 1.54) is 0 Å². The van der Waals surface area contributed by atoms with E-state index in [0.717, 1.165) is 16.7 Å². The summed E-state index contributed by atoms with van der Waals surface area (Å²) < 4.78 is 5.39. The third-order valence-electron chi connectivity index (χ3n) is 4.02. The average Bonchev–Trinajstić information content (AvgIpc) is 2.36. The minimum Gasteiger partial charge on any atom is -0.507 e. The summed E-state index contributed by atoms with van der Waals surface area (Å²) in [4.78, 5) is 11.9. The second-order valence-electron chi connectivity index (χ2n) is 9.68. The third kappa shape index (κ3) is 5.25. The molecule has 0 fully saturated rings. The van der Waals surface area contributed by atoms with Gasteiger partial charge < -0.3 is 9.84 Å². The van der Waals surface area contributed by atoms with Gasteiger partial charge >= 0.3 is 5.97 Å². The molecule has 0 amide bonds. The fraction of sp³-hybridized carbons (Fsp3) is 0.667. The van der Waals surface area contributed by atoms with Crippen molar-refractivity contribution < 1.29 is 14.6 Å². The molecular weight excluding hydrogens is 300 g/mol. The first-order chi connectivity index (χ1) is 10.6. The van der Waals surface area contributed by atoms with Crippen LogP contribution >= 0.6 is 0 Å². The normalized spacial score (nSPS) is 13.0. The molecule has 0 aliphatic heterocycles. The molecule has 0 heterocycles. The molecule has 24 heavy (non-hydrogen) atoms. The number of esters is 1. The molecule has 0 radical (unpaired) electrons. The maximum absolute atomic E-state index is 11.9. The monoisotopic (exact) mass is 334 g/mol. The van der Waals surface area contributed by atoms with Gasteiger partial charge in [-0.05, 0) is 48.3 Å². The van der Waals surface area contributed by atoms with Crippen molar-refractivity contribution in [1.82, 2.24) is 0 Å². The van der Waals surface area contributed by atoms with Gasteiger partial charge in [0.2, 0.25) is 0 Å². The van der Waals surface area contributed by atoms with Crippen molar-refractivity contribution in [3.05, 3.63) is 28.8 Å².